The number of nitrogens with zero attached hydrogens (tertiary/aromatic N) is 3. The van der Waals surface area contributed by atoms with Crippen LogP contribution in [-0.2, 0) is 15.3 Å². The predicted molar refractivity (Wildman–Crippen MR) is 90.2 cm³/mol. The van der Waals surface area contributed by atoms with Crippen LogP contribution in [0.15, 0.2) is 6.07 Å². The van der Waals surface area contributed by atoms with Crippen molar-refractivity contribution in [1.82, 2.24) is 14.8 Å². The van der Waals surface area contributed by atoms with E-state index in [1.54, 1.807) is 17.7 Å². The number of carboxylic acid groups (broad SMARTS) is 1. The molecule has 3 rings (SSSR count). The SMILES string of the molecule is Cc1nn(C2CCS(=O)(=O)C2)c2nc(C(C)(C)C)cc(C(=O)O)c12. The highest BCUT2D eigenvalue weighted by atomic mass is 32.2. The van der Waals surface area contributed by atoms with E-state index in [0.717, 1.165) is 0 Å². The van der Waals surface area contributed by atoms with Crippen molar-refractivity contribution in [3.05, 3.63) is 23.0 Å². The number of aromatic nitrogens is 3. The Hall–Kier alpha value is -1.96. The largest absolute Gasteiger partial charge is 0.478 e. The summed E-state index contributed by atoms with van der Waals surface area (Å²) in [5.74, 6) is -0.884. The molecule has 1 unspecified atom stereocenters. The van der Waals surface area contributed by atoms with Crippen molar-refractivity contribution in [2.75, 3.05) is 11.5 Å². The van der Waals surface area contributed by atoms with Crippen LogP contribution in [0.2, 0.25) is 0 Å². The lowest BCUT2D eigenvalue weighted by atomic mass is 9.90. The average molecular weight is 351 g/mol. The minimum absolute atomic E-state index is 0.0209. The van der Waals surface area contributed by atoms with Crippen LogP contribution in [0.25, 0.3) is 11.0 Å². The van der Waals surface area contributed by atoms with Crippen molar-refractivity contribution in [3.8, 4) is 0 Å². The molecule has 0 aromatic carbocycles. The van der Waals surface area contributed by atoms with Crippen molar-refractivity contribution in [2.45, 2.75) is 45.6 Å². The van der Waals surface area contributed by atoms with E-state index in [1.807, 2.05) is 20.8 Å². The van der Waals surface area contributed by atoms with Crippen LogP contribution in [0.5, 0.6) is 0 Å². The number of hydrogen-bond acceptors (Lipinski definition) is 5. The zero-order valence-corrected chi connectivity index (χ0v) is 15.0. The highest BCUT2D eigenvalue weighted by Gasteiger charge is 2.33. The van der Waals surface area contributed by atoms with Gasteiger partial charge >= 0.3 is 5.97 Å². The molecule has 24 heavy (non-hydrogen) atoms. The first-order chi connectivity index (χ1) is 11.0. The van der Waals surface area contributed by atoms with Gasteiger partial charge in [-0.15, -0.1) is 0 Å². The summed E-state index contributed by atoms with van der Waals surface area (Å²) in [4.78, 5) is 16.4. The van der Waals surface area contributed by atoms with Crippen LogP contribution >= 0.6 is 0 Å². The molecule has 0 bridgehead atoms. The summed E-state index contributed by atoms with van der Waals surface area (Å²) >= 11 is 0. The maximum Gasteiger partial charge on any atom is 0.336 e. The molecule has 2 aromatic heterocycles. The number of sulfone groups is 1. The molecule has 0 aliphatic carbocycles. The monoisotopic (exact) mass is 351 g/mol. The van der Waals surface area contributed by atoms with E-state index in [-0.39, 0.29) is 28.5 Å². The number of rotatable bonds is 2. The van der Waals surface area contributed by atoms with Gasteiger partial charge in [-0.3, -0.25) is 0 Å². The molecular weight excluding hydrogens is 330 g/mol. The van der Waals surface area contributed by atoms with Gasteiger partial charge in [0.15, 0.2) is 15.5 Å². The number of fused-ring (bicyclic) bond motifs is 1. The van der Waals surface area contributed by atoms with Gasteiger partial charge in [-0.05, 0) is 19.4 Å². The Balaban J connectivity index is 2.29. The molecule has 1 aliphatic rings. The van der Waals surface area contributed by atoms with E-state index in [2.05, 4.69) is 10.1 Å². The number of hydrogen-bond donors (Lipinski definition) is 1. The number of aromatic carboxylic acids is 1. The van der Waals surface area contributed by atoms with Gasteiger partial charge in [-0.2, -0.15) is 5.10 Å². The summed E-state index contributed by atoms with van der Waals surface area (Å²) in [6, 6.07) is 1.30. The van der Waals surface area contributed by atoms with E-state index in [0.29, 0.717) is 28.8 Å². The first-order valence-electron chi connectivity index (χ1n) is 7.83. The average Bonchev–Trinajstić information content (AvgIpc) is 2.97. The molecule has 0 amide bonds. The number of carbonyl (C=O) groups is 1. The lowest BCUT2D eigenvalue weighted by Gasteiger charge is -2.19. The molecule has 130 valence electrons. The summed E-state index contributed by atoms with van der Waals surface area (Å²) in [6.07, 6.45) is 0.475. The second kappa shape index (κ2) is 5.27. The predicted octanol–water partition coefficient (Wildman–Crippen LogP) is 2.10. The molecule has 3 heterocycles. The molecule has 0 saturated carbocycles. The second-order valence-corrected chi connectivity index (χ2v) is 9.62. The number of carboxylic acids is 1. The van der Waals surface area contributed by atoms with E-state index >= 15 is 0 Å². The Kier molecular flexibility index (Phi) is 3.71. The van der Waals surface area contributed by atoms with Crippen LogP contribution in [-0.4, -0.2) is 45.8 Å². The number of pyridine rings is 1. The zero-order chi connectivity index (χ0) is 17.9. The van der Waals surface area contributed by atoms with Crippen LogP contribution in [0.1, 0.15) is 55.0 Å². The zero-order valence-electron chi connectivity index (χ0n) is 14.2. The van der Waals surface area contributed by atoms with Gasteiger partial charge < -0.3 is 5.11 Å². The molecule has 0 radical (unpaired) electrons. The summed E-state index contributed by atoms with van der Waals surface area (Å²) in [7, 11) is -3.07. The van der Waals surface area contributed by atoms with Crippen molar-refractivity contribution >= 4 is 26.8 Å². The normalized spacial score (nSPS) is 20.6. The lowest BCUT2D eigenvalue weighted by molar-refractivity contribution is 0.0698. The standard InChI is InChI=1S/C16H21N3O4S/c1-9-13-11(15(20)21)7-12(16(2,3)4)17-14(13)19(18-9)10-5-6-24(22,23)8-10/h7,10H,5-6,8H2,1-4H3,(H,20,21). The molecule has 1 saturated heterocycles. The van der Waals surface area contributed by atoms with Gasteiger partial charge in [0.05, 0.1) is 34.2 Å². The van der Waals surface area contributed by atoms with Crippen molar-refractivity contribution in [3.63, 3.8) is 0 Å². The minimum atomic E-state index is -3.07. The lowest BCUT2D eigenvalue weighted by Crippen LogP contribution is -2.17. The number of aryl methyl sites for hydroxylation is 1. The third kappa shape index (κ3) is 2.79. The Labute approximate surface area is 140 Å². The van der Waals surface area contributed by atoms with Crippen LogP contribution in [0, 0.1) is 6.92 Å². The summed E-state index contributed by atoms with van der Waals surface area (Å²) in [6.45, 7) is 7.61. The molecule has 2 aromatic rings. The van der Waals surface area contributed by atoms with Crippen LogP contribution < -0.4 is 0 Å². The smallest absolute Gasteiger partial charge is 0.336 e. The highest BCUT2D eigenvalue weighted by Crippen LogP contribution is 2.32. The molecule has 1 aliphatic heterocycles. The maximum atomic E-state index is 11.8. The molecule has 1 N–H and O–H groups in total. The topological polar surface area (TPSA) is 102 Å². The second-order valence-electron chi connectivity index (χ2n) is 7.40. The molecular formula is C16H21N3O4S. The van der Waals surface area contributed by atoms with E-state index < -0.39 is 15.8 Å². The van der Waals surface area contributed by atoms with E-state index in [4.69, 9.17) is 0 Å². The van der Waals surface area contributed by atoms with Crippen LogP contribution in [0.3, 0.4) is 0 Å². The maximum absolute atomic E-state index is 11.8. The quantitative estimate of drug-likeness (QED) is 0.889. The Morgan fingerprint density at radius 2 is 2.04 bits per heavy atom. The van der Waals surface area contributed by atoms with E-state index in [9.17, 15) is 18.3 Å². The molecule has 0 spiro atoms. The fourth-order valence-electron chi connectivity index (χ4n) is 3.09. The fourth-order valence-corrected chi connectivity index (χ4v) is 4.78. The Morgan fingerprint density at radius 1 is 1.38 bits per heavy atom. The Morgan fingerprint density at radius 3 is 2.54 bits per heavy atom. The van der Waals surface area contributed by atoms with E-state index in [1.165, 1.54) is 0 Å². The third-order valence-corrected chi connectivity index (χ3v) is 6.14. The van der Waals surface area contributed by atoms with Gasteiger partial charge in [0.1, 0.15) is 0 Å². The minimum Gasteiger partial charge on any atom is -0.478 e. The summed E-state index contributed by atoms with van der Waals surface area (Å²) in [5.41, 5.74) is 1.49. The fraction of sp³-hybridized carbons (Fsp3) is 0.562. The summed E-state index contributed by atoms with van der Waals surface area (Å²) < 4.78 is 25.2. The van der Waals surface area contributed by atoms with Gasteiger partial charge in [-0.1, -0.05) is 20.8 Å². The first kappa shape index (κ1) is 16.9. The van der Waals surface area contributed by atoms with Gasteiger partial charge in [-0.25, -0.2) is 22.9 Å². The van der Waals surface area contributed by atoms with Crippen molar-refractivity contribution in [1.29, 1.82) is 0 Å². The van der Waals surface area contributed by atoms with Crippen molar-refractivity contribution < 1.29 is 18.3 Å². The molecule has 1 fully saturated rings. The third-order valence-electron chi connectivity index (χ3n) is 4.39. The van der Waals surface area contributed by atoms with Crippen LogP contribution in [0.4, 0.5) is 0 Å². The van der Waals surface area contributed by atoms with Gasteiger partial charge in [0.25, 0.3) is 0 Å². The first-order valence-corrected chi connectivity index (χ1v) is 9.66. The van der Waals surface area contributed by atoms with Crippen molar-refractivity contribution in [2.24, 2.45) is 0 Å². The summed E-state index contributed by atoms with van der Waals surface area (Å²) in [5, 5.41) is 14.5. The Bertz CT molecular complexity index is 938. The van der Waals surface area contributed by atoms with Gasteiger partial charge in [0.2, 0.25) is 0 Å². The molecule has 8 heteroatoms. The molecule has 1 atom stereocenters. The highest BCUT2D eigenvalue weighted by molar-refractivity contribution is 7.91. The molecule has 7 nitrogen and oxygen atoms in total. The van der Waals surface area contributed by atoms with Gasteiger partial charge in [0, 0.05) is 11.1 Å².